The minimum absolute atomic E-state index is 0.0931. The molecule has 0 spiro atoms. The zero-order valence-corrected chi connectivity index (χ0v) is 16.6. The normalized spacial score (nSPS) is 11.2. The molecule has 0 saturated heterocycles. The first-order chi connectivity index (χ1) is 14.0. The Balaban J connectivity index is 1.50. The Morgan fingerprint density at radius 1 is 1.00 bits per heavy atom. The van der Waals surface area contributed by atoms with E-state index in [1.165, 1.54) is 30.3 Å². The van der Waals surface area contributed by atoms with Gasteiger partial charge < -0.3 is 10.1 Å². The van der Waals surface area contributed by atoms with Gasteiger partial charge in [-0.3, -0.25) is 4.79 Å². The van der Waals surface area contributed by atoms with Gasteiger partial charge in [0.25, 0.3) is 5.91 Å². The quantitative estimate of drug-likeness (QED) is 0.419. The van der Waals surface area contributed by atoms with Crippen molar-refractivity contribution in [3.8, 4) is 5.75 Å². The number of fused-ring (bicyclic) bond motifs is 1. The van der Waals surface area contributed by atoms with Crippen LogP contribution in [0.5, 0.6) is 5.75 Å². The van der Waals surface area contributed by atoms with Gasteiger partial charge in [-0.15, -0.1) is 6.58 Å². The van der Waals surface area contributed by atoms with Crippen LogP contribution in [0.1, 0.15) is 10.4 Å². The van der Waals surface area contributed by atoms with Gasteiger partial charge in [0.1, 0.15) is 12.4 Å². The Kier molecular flexibility index (Phi) is 6.64. The van der Waals surface area contributed by atoms with Crippen molar-refractivity contribution in [1.29, 1.82) is 0 Å². The first kappa shape index (κ1) is 20.6. The molecule has 3 aromatic carbocycles. The first-order valence-corrected chi connectivity index (χ1v) is 10.6. The van der Waals surface area contributed by atoms with E-state index in [-0.39, 0.29) is 17.3 Å². The minimum atomic E-state index is -3.61. The van der Waals surface area contributed by atoms with Crippen molar-refractivity contribution >= 4 is 26.7 Å². The van der Waals surface area contributed by atoms with Crippen molar-refractivity contribution in [3.63, 3.8) is 0 Å². The molecule has 0 fully saturated rings. The van der Waals surface area contributed by atoms with Crippen molar-refractivity contribution in [2.24, 2.45) is 0 Å². The van der Waals surface area contributed by atoms with Crippen LogP contribution in [-0.2, 0) is 10.0 Å². The molecule has 7 heteroatoms. The van der Waals surface area contributed by atoms with E-state index < -0.39 is 10.0 Å². The fourth-order valence-corrected chi connectivity index (χ4v) is 3.73. The third kappa shape index (κ3) is 5.43. The molecule has 0 aliphatic carbocycles. The standard InChI is InChI=1S/C22H22N2O4S/c1-2-13-24-29(26,27)21-11-8-18(9-12-21)22(25)23-14-15-28-20-10-7-17-5-3-4-6-19(17)16-20/h2-12,16,24H,1,13-15H2,(H,23,25). The monoisotopic (exact) mass is 410 g/mol. The highest BCUT2D eigenvalue weighted by atomic mass is 32.2. The summed E-state index contributed by atoms with van der Waals surface area (Å²) < 4.78 is 32.1. The van der Waals surface area contributed by atoms with E-state index in [4.69, 9.17) is 4.74 Å². The number of nitrogens with one attached hydrogen (secondary N) is 2. The fourth-order valence-electron chi connectivity index (χ4n) is 2.73. The summed E-state index contributed by atoms with van der Waals surface area (Å²) in [5.41, 5.74) is 0.373. The fraction of sp³-hybridized carbons (Fsp3) is 0.136. The maximum atomic E-state index is 12.2. The van der Waals surface area contributed by atoms with E-state index >= 15 is 0 Å². The Labute approximate surface area is 170 Å². The second kappa shape index (κ2) is 9.36. The summed E-state index contributed by atoms with van der Waals surface area (Å²) in [6, 6.07) is 19.6. The Morgan fingerprint density at radius 2 is 1.72 bits per heavy atom. The van der Waals surface area contributed by atoms with Crippen LogP contribution >= 0.6 is 0 Å². The predicted molar refractivity (Wildman–Crippen MR) is 114 cm³/mol. The van der Waals surface area contributed by atoms with Crippen LogP contribution in [0.15, 0.2) is 84.3 Å². The van der Waals surface area contributed by atoms with E-state index in [1.54, 1.807) is 0 Å². The molecule has 0 unspecified atom stereocenters. The second-order valence-electron chi connectivity index (χ2n) is 6.28. The topological polar surface area (TPSA) is 84.5 Å². The Bertz CT molecular complexity index is 1110. The third-order valence-corrected chi connectivity index (χ3v) is 5.66. The highest BCUT2D eigenvalue weighted by Gasteiger charge is 2.13. The van der Waals surface area contributed by atoms with E-state index in [1.807, 2.05) is 42.5 Å². The number of hydrogen-bond donors (Lipinski definition) is 2. The maximum Gasteiger partial charge on any atom is 0.251 e. The minimum Gasteiger partial charge on any atom is -0.492 e. The summed E-state index contributed by atoms with van der Waals surface area (Å²) in [4.78, 5) is 12.3. The molecule has 1 amide bonds. The van der Waals surface area contributed by atoms with Gasteiger partial charge >= 0.3 is 0 Å². The number of benzene rings is 3. The molecule has 29 heavy (non-hydrogen) atoms. The maximum absolute atomic E-state index is 12.2. The van der Waals surface area contributed by atoms with Gasteiger partial charge in [0.05, 0.1) is 11.4 Å². The van der Waals surface area contributed by atoms with Crippen molar-refractivity contribution in [2.75, 3.05) is 19.7 Å². The molecule has 0 aromatic heterocycles. The molecule has 6 nitrogen and oxygen atoms in total. The van der Waals surface area contributed by atoms with Gasteiger partial charge in [-0.25, -0.2) is 13.1 Å². The van der Waals surface area contributed by atoms with Gasteiger partial charge in [-0.05, 0) is 47.2 Å². The Hall–Kier alpha value is -3.16. The van der Waals surface area contributed by atoms with E-state index in [0.717, 1.165) is 16.5 Å². The highest BCUT2D eigenvalue weighted by Crippen LogP contribution is 2.20. The lowest BCUT2D eigenvalue weighted by molar-refractivity contribution is 0.0947. The lowest BCUT2D eigenvalue weighted by Crippen LogP contribution is -2.28. The molecule has 0 bridgehead atoms. The van der Waals surface area contributed by atoms with E-state index in [2.05, 4.69) is 16.6 Å². The number of carbonyl (C=O) groups is 1. The number of amides is 1. The van der Waals surface area contributed by atoms with E-state index in [9.17, 15) is 13.2 Å². The molecule has 0 atom stereocenters. The van der Waals surface area contributed by atoms with Gasteiger partial charge in [0.15, 0.2) is 0 Å². The summed E-state index contributed by atoms with van der Waals surface area (Å²) in [7, 11) is -3.61. The molecule has 0 saturated carbocycles. The summed E-state index contributed by atoms with van der Waals surface area (Å²) >= 11 is 0. The SMILES string of the molecule is C=CCNS(=O)(=O)c1ccc(C(=O)NCCOc2ccc3ccccc3c2)cc1. The number of rotatable bonds is 9. The lowest BCUT2D eigenvalue weighted by Gasteiger charge is -2.09. The number of sulfonamides is 1. The summed E-state index contributed by atoms with van der Waals surface area (Å²) in [5, 5.41) is 4.98. The zero-order valence-electron chi connectivity index (χ0n) is 15.8. The molecule has 150 valence electrons. The average Bonchev–Trinajstić information content (AvgIpc) is 2.75. The Morgan fingerprint density at radius 3 is 2.45 bits per heavy atom. The zero-order chi connectivity index (χ0) is 20.7. The van der Waals surface area contributed by atoms with Crippen LogP contribution < -0.4 is 14.8 Å². The molecule has 0 aliphatic rings. The van der Waals surface area contributed by atoms with Gasteiger partial charge in [0, 0.05) is 12.1 Å². The van der Waals surface area contributed by atoms with Crippen molar-refractivity contribution in [2.45, 2.75) is 4.90 Å². The molecule has 0 heterocycles. The molecular formula is C22H22N2O4S. The predicted octanol–water partition coefficient (Wildman–Crippen LogP) is 3.11. The molecule has 0 radical (unpaired) electrons. The number of ether oxygens (including phenoxy) is 1. The highest BCUT2D eigenvalue weighted by molar-refractivity contribution is 7.89. The molecule has 2 N–H and O–H groups in total. The summed E-state index contributed by atoms with van der Waals surface area (Å²) in [6.45, 7) is 4.26. The number of hydrogen-bond acceptors (Lipinski definition) is 4. The van der Waals surface area contributed by atoms with Crippen LogP contribution in [0.4, 0.5) is 0 Å². The van der Waals surface area contributed by atoms with Crippen molar-refractivity contribution in [3.05, 3.63) is 84.9 Å². The molecule has 0 aliphatic heterocycles. The van der Waals surface area contributed by atoms with Crippen LogP contribution in [0.25, 0.3) is 10.8 Å². The first-order valence-electron chi connectivity index (χ1n) is 9.10. The van der Waals surface area contributed by atoms with Crippen LogP contribution in [0, 0.1) is 0 Å². The summed E-state index contributed by atoms with van der Waals surface area (Å²) in [5.74, 6) is 0.439. The second-order valence-corrected chi connectivity index (χ2v) is 8.05. The smallest absolute Gasteiger partial charge is 0.251 e. The molecule has 3 aromatic rings. The van der Waals surface area contributed by atoms with Crippen molar-refractivity contribution < 1.29 is 17.9 Å². The van der Waals surface area contributed by atoms with Crippen LogP contribution in [0.3, 0.4) is 0 Å². The number of carbonyl (C=O) groups excluding carboxylic acids is 1. The largest absolute Gasteiger partial charge is 0.492 e. The third-order valence-electron chi connectivity index (χ3n) is 4.22. The van der Waals surface area contributed by atoms with Crippen LogP contribution in [0.2, 0.25) is 0 Å². The molecule has 3 rings (SSSR count). The van der Waals surface area contributed by atoms with Gasteiger partial charge in [-0.1, -0.05) is 36.4 Å². The van der Waals surface area contributed by atoms with Gasteiger partial charge in [-0.2, -0.15) is 0 Å². The summed E-state index contributed by atoms with van der Waals surface area (Å²) in [6.07, 6.45) is 1.46. The van der Waals surface area contributed by atoms with Crippen molar-refractivity contribution in [1.82, 2.24) is 10.0 Å². The van der Waals surface area contributed by atoms with E-state index in [0.29, 0.717) is 18.7 Å². The van der Waals surface area contributed by atoms with Gasteiger partial charge in [0.2, 0.25) is 10.0 Å². The van der Waals surface area contributed by atoms with Crippen LogP contribution in [-0.4, -0.2) is 34.0 Å². The lowest BCUT2D eigenvalue weighted by atomic mass is 10.1. The molecular weight excluding hydrogens is 388 g/mol. The average molecular weight is 410 g/mol.